The van der Waals surface area contributed by atoms with E-state index < -0.39 is 0 Å². The summed E-state index contributed by atoms with van der Waals surface area (Å²) in [6.45, 7) is 1.73. The highest BCUT2D eigenvalue weighted by Crippen LogP contribution is 2.30. The predicted molar refractivity (Wildman–Crippen MR) is 77.3 cm³/mol. The van der Waals surface area contributed by atoms with E-state index in [4.69, 9.17) is 17.3 Å². The van der Waals surface area contributed by atoms with Crippen molar-refractivity contribution < 1.29 is 0 Å². The van der Waals surface area contributed by atoms with Gasteiger partial charge in [0.2, 0.25) is 0 Å². The lowest BCUT2D eigenvalue weighted by Gasteiger charge is -2.23. The summed E-state index contributed by atoms with van der Waals surface area (Å²) in [5, 5.41) is 0.446. The second-order valence-electron chi connectivity index (χ2n) is 4.69. The quantitative estimate of drug-likeness (QED) is 0.869. The SMILES string of the molecule is Nc1ncnc(N2CCCc3ccccc3C2)c1Cl. The highest BCUT2D eigenvalue weighted by Gasteiger charge is 2.18. The Morgan fingerprint density at radius 3 is 2.79 bits per heavy atom. The Bertz CT molecular complexity index is 600. The maximum atomic E-state index is 6.22. The van der Waals surface area contributed by atoms with E-state index in [2.05, 4.69) is 39.1 Å². The normalized spacial score (nSPS) is 14.9. The minimum Gasteiger partial charge on any atom is -0.382 e. The Morgan fingerprint density at radius 2 is 1.95 bits per heavy atom. The van der Waals surface area contributed by atoms with Crippen LogP contribution in [0.4, 0.5) is 11.6 Å². The highest BCUT2D eigenvalue weighted by molar-refractivity contribution is 6.35. The number of benzene rings is 1. The van der Waals surface area contributed by atoms with Crippen molar-refractivity contribution in [1.29, 1.82) is 0 Å². The number of fused-ring (bicyclic) bond motifs is 1. The Balaban J connectivity index is 1.96. The Labute approximate surface area is 117 Å². The largest absolute Gasteiger partial charge is 0.382 e. The standard InChI is InChI=1S/C14H15ClN4/c15-12-13(16)17-9-18-14(12)19-7-3-6-10-4-1-2-5-11(10)8-19/h1-2,4-5,9H,3,6-8H2,(H2,16,17,18). The fourth-order valence-corrected chi connectivity index (χ4v) is 2.69. The molecule has 0 fully saturated rings. The first kappa shape index (κ1) is 12.2. The first-order chi connectivity index (χ1) is 9.25. The fraction of sp³-hybridized carbons (Fsp3) is 0.286. The monoisotopic (exact) mass is 274 g/mol. The van der Waals surface area contributed by atoms with Crippen molar-refractivity contribution in [2.45, 2.75) is 19.4 Å². The van der Waals surface area contributed by atoms with Crippen LogP contribution >= 0.6 is 11.6 Å². The van der Waals surface area contributed by atoms with Gasteiger partial charge in [-0.2, -0.15) is 0 Å². The van der Waals surface area contributed by atoms with Crippen LogP contribution in [-0.4, -0.2) is 16.5 Å². The lowest BCUT2D eigenvalue weighted by molar-refractivity contribution is 0.753. The van der Waals surface area contributed by atoms with Crippen molar-refractivity contribution in [3.05, 3.63) is 46.7 Å². The van der Waals surface area contributed by atoms with Crippen LogP contribution in [0, 0.1) is 0 Å². The molecule has 0 bridgehead atoms. The molecule has 2 heterocycles. The number of nitrogen functional groups attached to an aromatic ring is 1. The molecule has 1 aliphatic heterocycles. The minimum atomic E-state index is 0.337. The van der Waals surface area contributed by atoms with E-state index in [1.54, 1.807) is 0 Å². The predicted octanol–water partition coefficient (Wildman–Crippen LogP) is 2.67. The molecule has 98 valence electrons. The maximum absolute atomic E-state index is 6.22. The van der Waals surface area contributed by atoms with Crippen LogP contribution < -0.4 is 10.6 Å². The number of anilines is 2. The average molecular weight is 275 g/mol. The fourth-order valence-electron chi connectivity index (χ4n) is 2.48. The molecule has 0 spiro atoms. The second kappa shape index (κ2) is 5.05. The molecule has 0 saturated heterocycles. The third-order valence-electron chi connectivity index (χ3n) is 3.45. The van der Waals surface area contributed by atoms with Gasteiger partial charge in [-0.25, -0.2) is 9.97 Å². The van der Waals surface area contributed by atoms with Crippen LogP contribution in [0.2, 0.25) is 5.02 Å². The van der Waals surface area contributed by atoms with Gasteiger partial charge in [0.25, 0.3) is 0 Å². The molecule has 3 rings (SSSR count). The van der Waals surface area contributed by atoms with Gasteiger partial charge in [0.05, 0.1) is 0 Å². The van der Waals surface area contributed by atoms with Gasteiger partial charge in [-0.05, 0) is 24.0 Å². The molecule has 4 nitrogen and oxygen atoms in total. The summed E-state index contributed by atoms with van der Waals surface area (Å²) in [6, 6.07) is 8.50. The molecule has 19 heavy (non-hydrogen) atoms. The third-order valence-corrected chi connectivity index (χ3v) is 3.81. The molecule has 1 aromatic carbocycles. The van der Waals surface area contributed by atoms with E-state index in [1.807, 2.05) is 0 Å². The first-order valence-electron chi connectivity index (χ1n) is 6.33. The number of hydrogen-bond acceptors (Lipinski definition) is 4. The lowest BCUT2D eigenvalue weighted by atomic mass is 10.0. The summed E-state index contributed by atoms with van der Waals surface area (Å²) in [5.74, 6) is 1.06. The Kier molecular flexibility index (Phi) is 3.25. The van der Waals surface area contributed by atoms with Crippen LogP contribution in [0.15, 0.2) is 30.6 Å². The number of aryl methyl sites for hydroxylation is 1. The summed E-state index contributed by atoms with van der Waals surface area (Å²) in [6.07, 6.45) is 3.63. The number of aromatic nitrogens is 2. The minimum absolute atomic E-state index is 0.337. The third kappa shape index (κ3) is 2.36. The van der Waals surface area contributed by atoms with Crippen molar-refractivity contribution in [3.8, 4) is 0 Å². The molecule has 0 amide bonds. The zero-order valence-electron chi connectivity index (χ0n) is 10.5. The molecule has 1 aliphatic rings. The molecule has 0 saturated carbocycles. The molecule has 0 aliphatic carbocycles. The van der Waals surface area contributed by atoms with E-state index in [-0.39, 0.29) is 0 Å². The number of hydrogen-bond donors (Lipinski definition) is 1. The number of halogens is 1. The Morgan fingerprint density at radius 1 is 1.16 bits per heavy atom. The van der Waals surface area contributed by atoms with E-state index in [0.29, 0.717) is 10.8 Å². The topological polar surface area (TPSA) is 55.0 Å². The van der Waals surface area contributed by atoms with E-state index in [1.165, 1.54) is 17.5 Å². The van der Waals surface area contributed by atoms with Crippen LogP contribution in [0.25, 0.3) is 0 Å². The first-order valence-corrected chi connectivity index (χ1v) is 6.71. The maximum Gasteiger partial charge on any atom is 0.153 e. The summed E-state index contributed by atoms with van der Waals surface area (Å²) in [5.41, 5.74) is 8.48. The molecule has 2 N–H and O–H groups in total. The molecule has 2 aromatic rings. The van der Waals surface area contributed by atoms with Gasteiger partial charge in [-0.1, -0.05) is 35.9 Å². The van der Waals surface area contributed by atoms with Gasteiger partial charge in [0, 0.05) is 13.1 Å². The highest BCUT2D eigenvalue weighted by atomic mass is 35.5. The molecular formula is C14H15ClN4. The summed E-state index contributed by atoms with van der Waals surface area (Å²) < 4.78 is 0. The summed E-state index contributed by atoms with van der Waals surface area (Å²) in [7, 11) is 0. The van der Waals surface area contributed by atoms with E-state index >= 15 is 0 Å². The number of nitrogens with zero attached hydrogens (tertiary/aromatic N) is 3. The second-order valence-corrected chi connectivity index (χ2v) is 5.07. The zero-order chi connectivity index (χ0) is 13.2. The van der Waals surface area contributed by atoms with Crippen molar-refractivity contribution in [3.63, 3.8) is 0 Å². The van der Waals surface area contributed by atoms with E-state index in [0.717, 1.165) is 31.7 Å². The van der Waals surface area contributed by atoms with Gasteiger partial charge in [0.1, 0.15) is 17.2 Å². The van der Waals surface area contributed by atoms with Crippen molar-refractivity contribution in [2.75, 3.05) is 17.2 Å². The summed E-state index contributed by atoms with van der Waals surface area (Å²) >= 11 is 6.22. The lowest BCUT2D eigenvalue weighted by Crippen LogP contribution is -2.24. The van der Waals surface area contributed by atoms with Crippen LogP contribution in [0.1, 0.15) is 17.5 Å². The van der Waals surface area contributed by atoms with Crippen molar-refractivity contribution in [1.82, 2.24) is 9.97 Å². The molecule has 1 aromatic heterocycles. The summed E-state index contributed by atoms with van der Waals surface area (Å²) in [4.78, 5) is 10.4. The smallest absolute Gasteiger partial charge is 0.153 e. The zero-order valence-corrected chi connectivity index (χ0v) is 11.3. The van der Waals surface area contributed by atoms with Crippen molar-refractivity contribution in [2.24, 2.45) is 0 Å². The van der Waals surface area contributed by atoms with Gasteiger partial charge in [-0.15, -0.1) is 0 Å². The van der Waals surface area contributed by atoms with E-state index in [9.17, 15) is 0 Å². The average Bonchev–Trinajstić information content (AvgIpc) is 2.64. The van der Waals surface area contributed by atoms with Gasteiger partial charge in [-0.3, -0.25) is 0 Å². The number of nitrogens with two attached hydrogens (primary N) is 1. The van der Waals surface area contributed by atoms with Crippen molar-refractivity contribution >= 4 is 23.2 Å². The van der Waals surface area contributed by atoms with Gasteiger partial charge < -0.3 is 10.6 Å². The molecule has 0 atom stereocenters. The number of rotatable bonds is 1. The molecule has 5 heteroatoms. The Hall–Kier alpha value is -1.81. The molecule has 0 unspecified atom stereocenters. The molecule has 0 radical (unpaired) electrons. The van der Waals surface area contributed by atoms with Crippen LogP contribution in [-0.2, 0) is 13.0 Å². The van der Waals surface area contributed by atoms with Crippen LogP contribution in [0.3, 0.4) is 0 Å². The van der Waals surface area contributed by atoms with Gasteiger partial charge >= 0.3 is 0 Å². The van der Waals surface area contributed by atoms with Crippen LogP contribution in [0.5, 0.6) is 0 Å². The van der Waals surface area contributed by atoms with Gasteiger partial charge in [0.15, 0.2) is 5.82 Å². The molecular weight excluding hydrogens is 260 g/mol.